The van der Waals surface area contributed by atoms with Crippen molar-refractivity contribution < 1.29 is 0 Å². The fourth-order valence-electron chi connectivity index (χ4n) is 1.46. The van der Waals surface area contributed by atoms with Gasteiger partial charge in [-0.1, -0.05) is 13.3 Å². The van der Waals surface area contributed by atoms with Crippen LogP contribution in [-0.2, 0) is 0 Å². The van der Waals surface area contributed by atoms with E-state index < -0.39 is 0 Å². The predicted octanol–water partition coefficient (Wildman–Crippen LogP) is 1.69. The molecule has 3 heteroatoms. The molecule has 1 aromatic rings. The van der Waals surface area contributed by atoms with Crippen molar-refractivity contribution in [1.29, 1.82) is 0 Å². The van der Waals surface area contributed by atoms with Gasteiger partial charge in [-0.05, 0) is 30.5 Å². The molecule has 0 saturated carbocycles. The summed E-state index contributed by atoms with van der Waals surface area (Å²) in [4.78, 5) is 4.10. The fourth-order valence-corrected chi connectivity index (χ4v) is 1.46. The molecule has 13 heavy (non-hydrogen) atoms. The van der Waals surface area contributed by atoms with Crippen molar-refractivity contribution in [1.82, 2.24) is 10.4 Å². The first kappa shape index (κ1) is 10.2. The van der Waals surface area contributed by atoms with E-state index in [4.69, 9.17) is 5.84 Å². The zero-order valence-electron chi connectivity index (χ0n) is 8.25. The second-order valence-corrected chi connectivity index (χ2v) is 3.24. The largest absolute Gasteiger partial charge is 0.271 e. The van der Waals surface area contributed by atoms with Gasteiger partial charge in [0.2, 0.25) is 0 Å². The third-order valence-electron chi connectivity index (χ3n) is 2.23. The Kier molecular flexibility index (Phi) is 3.86. The molecule has 1 atom stereocenters. The van der Waals surface area contributed by atoms with Crippen molar-refractivity contribution in [2.75, 3.05) is 0 Å². The van der Waals surface area contributed by atoms with Crippen LogP contribution in [0.3, 0.4) is 0 Å². The quantitative estimate of drug-likeness (QED) is 0.546. The Bertz CT molecular complexity index is 260. The molecule has 0 amide bonds. The highest BCUT2D eigenvalue weighted by molar-refractivity contribution is 5.24. The highest BCUT2D eigenvalue weighted by atomic mass is 15.2. The number of aromatic nitrogens is 1. The van der Waals surface area contributed by atoms with Crippen molar-refractivity contribution in [3.63, 3.8) is 0 Å². The van der Waals surface area contributed by atoms with Crippen molar-refractivity contribution in [3.8, 4) is 0 Å². The van der Waals surface area contributed by atoms with Crippen molar-refractivity contribution in [3.05, 3.63) is 29.6 Å². The number of aryl methyl sites for hydroxylation is 1. The molecule has 1 heterocycles. The van der Waals surface area contributed by atoms with Crippen LogP contribution in [0.1, 0.15) is 36.9 Å². The lowest BCUT2D eigenvalue weighted by molar-refractivity contribution is 0.506. The Labute approximate surface area is 79.3 Å². The maximum atomic E-state index is 5.48. The van der Waals surface area contributed by atoms with E-state index in [1.54, 1.807) is 6.20 Å². The molecule has 1 unspecified atom stereocenters. The van der Waals surface area contributed by atoms with Crippen LogP contribution in [0, 0.1) is 6.92 Å². The third-order valence-corrected chi connectivity index (χ3v) is 2.23. The predicted molar refractivity (Wildman–Crippen MR) is 53.9 cm³/mol. The first-order chi connectivity index (χ1) is 6.29. The summed E-state index contributed by atoms with van der Waals surface area (Å²) in [6, 6.07) is 2.24. The molecule has 0 radical (unpaired) electrons. The van der Waals surface area contributed by atoms with Crippen LogP contribution >= 0.6 is 0 Å². The molecule has 72 valence electrons. The first-order valence-electron chi connectivity index (χ1n) is 4.66. The summed E-state index contributed by atoms with van der Waals surface area (Å²) >= 11 is 0. The molecule has 0 bridgehead atoms. The van der Waals surface area contributed by atoms with Crippen molar-refractivity contribution in [2.45, 2.75) is 32.7 Å². The van der Waals surface area contributed by atoms with E-state index in [0.717, 1.165) is 12.8 Å². The molecule has 3 N–H and O–H groups in total. The van der Waals surface area contributed by atoms with Gasteiger partial charge in [-0.2, -0.15) is 0 Å². The molecule has 0 aliphatic carbocycles. The van der Waals surface area contributed by atoms with Gasteiger partial charge in [0.25, 0.3) is 0 Å². The molecule has 1 aromatic heterocycles. The number of nitrogens with two attached hydrogens (primary N) is 1. The van der Waals surface area contributed by atoms with Gasteiger partial charge in [-0.15, -0.1) is 0 Å². The average molecular weight is 179 g/mol. The molecule has 0 aliphatic heterocycles. The highest BCUT2D eigenvalue weighted by Gasteiger charge is 2.10. The minimum Gasteiger partial charge on any atom is -0.271 e. The van der Waals surface area contributed by atoms with Crippen molar-refractivity contribution in [2.24, 2.45) is 5.84 Å². The number of rotatable bonds is 4. The van der Waals surface area contributed by atoms with Crippen LogP contribution in [0.2, 0.25) is 0 Å². The molecule has 0 spiro atoms. The van der Waals surface area contributed by atoms with Gasteiger partial charge in [0, 0.05) is 18.4 Å². The van der Waals surface area contributed by atoms with Crippen LogP contribution in [0.5, 0.6) is 0 Å². The van der Waals surface area contributed by atoms with E-state index >= 15 is 0 Å². The zero-order valence-corrected chi connectivity index (χ0v) is 8.25. The Balaban J connectivity index is 2.84. The summed E-state index contributed by atoms with van der Waals surface area (Å²) in [6.07, 6.45) is 5.85. The van der Waals surface area contributed by atoms with Crippen molar-refractivity contribution >= 4 is 0 Å². The maximum Gasteiger partial charge on any atom is 0.0477 e. The Hall–Kier alpha value is -0.930. The monoisotopic (exact) mass is 179 g/mol. The summed E-state index contributed by atoms with van der Waals surface area (Å²) in [5.74, 6) is 5.48. The summed E-state index contributed by atoms with van der Waals surface area (Å²) in [6.45, 7) is 4.23. The van der Waals surface area contributed by atoms with E-state index in [1.807, 2.05) is 12.3 Å². The normalized spacial score (nSPS) is 12.8. The van der Waals surface area contributed by atoms with Crippen LogP contribution < -0.4 is 11.3 Å². The number of hydrazine groups is 1. The number of nitrogens with one attached hydrogen (secondary N) is 1. The van der Waals surface area contributed by atoms with Gasteiger partial charge in [0.1, 0.15) is 0 Å². The number of hydrogen-bond donors (Lipinski definition) is 2. The number of pyridine rings is 1. The topological polar surface area (TPSA) is 50.9 Å². The van der Waals surface area contributed by atoms with E-state index in [2.05, 4.69) is 24.3 Å². The minimum absolute atomic E-state index is 0.235. The third kappa shape index (κ3) is 2.50. The summed E-state index contributed by atoms with van der Waals surface area (Å²) < 4.78 is 0. The number of hydrogen-bond acceptors (Lipinski definition) is 3. The second-order valence-electron chi connectivity index (χ2n) is 3.24. The molecule has 0 aromatic carbocycles. The van der Waals surface area contributed by atoms with Gasteiger partial charge < -0.3 is 0 Å². The molecule has 0 saturated heterocycles. The van der Waals surface area contributed by atoms with Gasteiger partial charge in [-0.25, -0.2) is 0 Å². The Morgan fingerprint density at radius 1 is 1.62 bits per heavy atom. The average Bonchev–Trinajstić information content (AvgIpc) is 2.16. The molecule has 3 nitrogen and oxygen atoms in total. The molecular weight excluding hydrogens is 162 g/mol. The van der Waals surface area contributed by atoms with E-state index in [0.29, 0.717) is 0 Å². The van der Waals surface area contributed by atoms with Gasteiger partial charge in [0.15, 0.2) is 0 Å². The fraction of sp³-hybridized carbons (Fsp3) is 0.500. The lowest BCUT2D eigenvalue weighted by Gasteiger charge is -2.16. The standard InChI is InChI=1S/C10H17N3/c1-3-4-10(13-11)9-7-12-6-5-8(9)2/h5-7,10,13H,3-4,11H2,1-2H3. The summed E-state index contributed by atoms with van der Waals surface area (Å²) in [5.41, 5.74) is 5.26. The summed E-state index contributed by atoms with van der Waals surface area (Å²) in [5, 5.41) is 0. The van der Waals surface area contributed by atoms with Gasteiger partial charge in [0.05, 0.1) is 0 Å². The highest BCUT2D eigenvalue weighted by Crippen LogP contribution is 2.19. The maximum absolute atomic E-state index is 5.48. The summed E-state index contributed by atoms with van der Waals surface area (Å²) in [7, 11) is 0. The number of nitrogens with zero attached hydrogens (tertiary/aromatic N) is 1. The smallest absolute Gasteiger partial charge is 0.0477 e. The first-order valence-corrected chi connectivity index (χ1v) is 4.66. The second kappa shape index (κ2) is 4.94. The lowest BCUT2D eigenvalue weighted by atomic mass is 10.0. The minimum atomic E-state index is 0.235. The molecular formula is C10H17N3. The lowest BCUT2D eigenvalue weighted by Crippen LogP contribution is -2.28. The van der Waals surface area contributed by atoms with E-state index in [9.17, 15) is 0 Å². The van der Waals surface area contributed by atoms with Crippen LogP contribution in [0.15, 0.2) is 18.5 Å². The Morgan fingerprint density at radius 2 is 2.38 bits per heavy atom. The van der Waals surface area contributed by atoms with Gasteiger partial charge in [-0.3, -0.25) is 16.3 Å². The zero-order chi connectivity index (χ0) is 9.68. The van der Waals surface area contributed by atoms with E-state index in [1.165, 1.54) is 11.1 Å². The molecule has 0 fully saturated rings. The van der Waals surface area contributed by atoms with Gasteiger partial charge >= 0.3 is 0 Å². The molecule has 0 aliphatic rings. The Morgan fingerprint density at radius 3 is 2.92 bits per heavy atom. The van der Waals surface area contributed by atoms with Crippen LogP contribution in [0.4, 0.5) is 0 Å². The van der Waals surface area contributed by atoms with E-state index in [-0.39, 0.29) is 6.04 Å². The SMILES string of the molecule is CCCC(NN)c1cnccc1C. The van der Waals surface area contributed by atoms with Crippen LogP contribution in [-0.4, -0.2) is 4.98 Å². The molecule has 1 rings (SSSR count). The van der Waals surface area contributed by atoms with Crippen LogP contribution in [0.25, 0.3) is 0 Å².